The molecule has 2 N–H and O–H groups in total. The molecule has 4 heteroatoms. The summed E-state index contributed by atoms with van der Waals surface area (Å²) in [5, 5.41) is 0. The number of hydrogen-bond acceptors (Lipinski definition) is 2. The molecule has 0 amide bonds. The molecule has 0 aromatic carbocycles. The number of nitrogens with two attached hydrogens (primary N) is 1. The number of anilines is 1. The van der Waals surface area contributed by atoms with Gasteiger partial charge in [0.05, 0.1) is 0 Å². The van der Waals surface area contributed by atoms with Crippen molar-refractivity contribution < 1.29 is 32.7 Å². The second kappa shape index (κ2) is 4.78. The summed E-state index contributed by atoms with van der Waals surface area (Å²) in [5.41, 5.74) is 5.68. The van der Waals surface area contributed by atoms with E-state index in [9.17, 15) is 4.79 Å². The van der Waals surface area contributed by atoms with Crippen molar-refractivity contribution in [3.05, 3.63) is 28.7 Å². The maximum absolute atomic E-state index is 11.1. The third-order valence-electron chi connectivity index (χ3n) is 1.46. The standard InChI is InChI=1S/C8H11N2O.Y/c1-6(2)10-4-3-7(9)5-8(10)11;/h4-6H,9H2,1-2H3;/q-1;. The normalized spacial score (nSPS) is 9.58. The van der Waals surface area contributed by atoms with Crippen LogP contribution in [0.15, 0.2) is 17.1 Å². The second-order valence-corrected chi connectivity index (χ2v) is 2.71. The van der Waals surface area contributed by atoms with E-state index in [1.54, 1.807) is 10.8 Å². The van der Waals surface area contributed by atoms with E-state index in [0.29, 0.717) is 5.69 Å². The molecule has 1 radical (unpaired) electrons. The molecule has 3 nitrogen and oxygen atoms in total. The van der Waals surface area contributed by atoms with E-state index in [0.717, 1.165) is 0 Å². The topological polar surface area (TPSA) is 48.0 Å². The smallest absolute Gasteiger partial charge is 0.169 e. The summed E-state index contributed by atoms with van der Waals surface area (Å²) in [6.07, 6.45) is 1.59. The van der Waals surface area contributed by atoms with E-state index in [1.165, 1.54) is 6.07 Å². The Labute approximate surface area is 96.8 Å². The molecule has 0 aliphatic heterocycles. The maximum Gasteiger partial charge on any atom is 0.169 e. The predicted octanol–water partition coefficient (Wildman–Crippen LogP) is 0.809. The number of rotatable bonds is 1. The zero-order valence-electron chi connectivity index (χ0n) is 7.24. The van der Waals surface area contributed by atoms with Crippen LogP contribution in [0, 0.1) is 6.07 Å². The summed E-state index contributed by atoms with van der Waals surface area (Å²) in [7, 11) is 0. The fraction of sp³-hybridized carbons (Fsp3) is 0.375. The molecule has 0 bridgehead atoms. The van der Waals surface area contributed by atoms with Crippen LogP contribution in [-0.2, 0) is 32.7 Å². The molecular weight excluding hydrogens is 229 g/mol. The summed E-state index contributed by atoms with van der Waals surface area (Å²) in [5.74, 6) is 0. The largest absolute Gasteiger partial charge is 0.431 e. The first kappa shape index (κ1) is 11.9. The van der Waals surface area contributed by atoms with Crippen molar-refractivity contribution in [1.29, 1.82) is 0 Å². The van der Waals surface area contributed by atoms with Crippen LogP contribution in [0.1, 0.15) is 19.9 Å². The Morgan fingerprint density at radius 2 is 2.17 bits per heavy atom. The van der Waals surface area contributed by atoms with Crippen LogP contribution in [0.3, 0.4) is 0 Å². The number of aromatic nitrogens is 1. The average molecular weight is 240 g/mol. The van der Waals surface area contributed by atoms with Crippen molar-refractivity contribution in [3.63, 3.8) is 0 Å². The van der Waals surface area contributed by atoms with Gasteiger partial charge in [-0.25, -0.2) is 6.07 Å². The van der Waals surface area contributed by atoms with Gasteiger partial charge in [0, 0.05) is 38.8 Å². The summed E-state index contributed by atoms with van der Waals surface area (Å²) in [6, 6.07) is 4.30. The van der Waals surface area contributed by atoms with Gasteiger partial charge in [0.1, 0.15) is 0 Å². The number of pyridine rings is 1. The van der Waals surface area contributed by atoms with Crippen molar-refractivity contribution in [2.45, 2.75) is 19.9 Å². The van der Waals surface area contributed by atoms with E-state index >= 15 is 0 Å². The fourth-order valence-corrected chi connectivity index (χ4v) is 0.860. The van der Waals surface area contributed by atoms with Crippen LogP contribution < -0.4 is 11.3 Å². The first-order valence-corrected chi connectivity index (χ1v) is 3.50. The SMILES string of the molecule is CC(C)n1c[c-]c(N)cc1=O.[Y]. The van der Waals surface area contributed by atoms with Crippen LogP contribution in [0.25, 0.3) is 0 Å². The first-order chi connectivity index (χ1) is 5.11. The van der Waals surface area contributed by atoms with Crippen LogP contribution in [0.2, 0.25) is 0 Å². The second-order valence-electron chi connectivity index (χ2n) is 2.71. The Hall–Kier alpha value is -0.146. The molecule has 1 aromatic heterocycles. The van der Waals surface area contributed by atoms with Crippen molar-refractivity contribution in [2.24, 2.45) is 0 Å². The molecule has 1 rings (SSSR count). The molecule has 12 heavy (non-hydrogen) atoms. The minimum atomic E-state index is -0.0729. The molecular formula is C8H11N2OY-. The molecule has 0 aliphatic rings. The van der Waals surface area contributed by atoms with E-state index in [1.807, 2.05) is 13.8 Å². The van der Waals surface area contributed by atoms with E-state index in [2.05, 4.69) is 6.07 Å². The Morgan fingerprint density at radius 1 is 1.58 bits per heavy atom. The molecule has 0 saturated carbocycles. The zero-order chi connectivity index (χ0) is 8.43. The van der Waals surface area contributed by atoms with Crippen molar-refractivity contribution in [2.75, 3.05) is 5.73 Å². The maximum atomic E-state index is 11.1. The molecule has 0 aliphatic carbocycles. The molecule has 1 heterocycles. The molecule has 1 aromatic rings. The Morgan fingerprint density at radius 3 is 2.58 bits per heavy atom. The van der Waals surface area contributed by atoms with Gasteiger partial charge in [0.2, 0.25) is 0 Å². The molecule has 0 unspecified atom stereocenters. The van der Waals surface area contributed by atoms with Gasteiger partial charge in [-0.15, -0.1) is 11.8 Å². The van der Waals surface area contributed by atoms with Gasteiger partial charge in [-0.3, -0.25) is 4.79 Å². The van der Waals surface area contributed by atoms with Gasteiger partial charge in [-0.1, -0.05) is 6.20 Å². The summed E-state index contributed by atoms with van der Waals surface area (Å²) >= 11 is 0. The number of nitrogen functional groups attached to an aromatic ring is 1. The predicted molar refractivity (Wildman–Crippen MR) is 44.3 cm³/mol. The summed E-state index contributed by atoms with van der Waals surface area (Å²) in [6.45, 7) is 3.87. The van der Waals surface area contributed by atoms with Gasteiger partial charge >= 0.3 is 0 Å². The summed E-state index contributed by atoms with van der Waals surface area (Å²) in [4.78, 5) is 11.1. The molecule has 0 spiro atoms. The third kappa shape index (κ3) is 2.72. The van der Waals surface area contributed by atoms with Crippen molar-refractivity contribution in [3.8, 4) is 0 Å². The minimum absolute atomic E-state index is 0. The van der Waals surface area contributed by atoms with E-state index in [4.69, 9.17) is 5.73 Å². The van der Waals surface area contributed by atoms with Gasteiger partial charge in [-0.2, -0.15) is 0 Å². The third-order valence-corrected chi connectivity index (χ3v) is 1.46. The van der Waals surface area contributed by atoms with Crippen molar-refractivity contribution in [1.82, 2.24) is 4.57 Å². The van der Waals surface area contributed by atoms with Gasteiger partial charge in [0.15, 0.2) is 5.56 Å². The monoisotopic (exact) mass is 240 g/mol. The average Bonchev–Trinajstić information content (AvgIpc) is 1.85. The van der Waals surface area contributed by atoms with Crippen LogP contribution >= 0.6 is 0 Å². The first-order valence-electron chi connectivity index (χ1n) is 3.50. The van der Waals surface area contributed by atoms with E-state index < -0.39 is 0 Å². The van der Waals surface area contributed by atoms with Crippen molar-refractivity contribution >= 4 is 5.69 Å². The molecule has 0 atom stereocenters. The number of hydrogen-bond donors (Lipinski definition) is 1. The zero-order valence-corrected chi connectivity index (χ0v) is 10.1. The molecule has 63 valence electrons. The van der Waals surface area contributed by atoms with Gasteiger partial charge < -0.3 is 10.3 Å². The summed E-state index contributed by atoms with van der Waals surface area (Å²) < 4.78 is 1.58. The van der Waals surface area contributed by atoms with Gasteiger partial charge in [0.25, 0.3) is 0 Å². The molecule has 0 fully saturated rings. The Bertz CT molecular complexity index is 306. The Balaban J connectivity index is 0.00000121. The Kier molecular flexibility index (Phi) is 4.72. The number of nitrogens with zero attached hydrogens (tertiary/aromatic N) is 1. The minimum Gasteiger partial charge on any atom is -0.431 e. The fourth-order valence-electron chi connectivity index (χ4n) is 0.860. The van der Waals surface area contributed by atoms with E-state index in [-0.39, 0.29) is 44.3 Å². The van der Waals surface area contributed by atoms with Crippen LogP contribution in [0.5, 0.6) is 0 Å². The van der Waals surface area contributed by atoms with Crippen LogP contribution in [0.4, 0.5) is 5.69 Å². The van der Waals surface area contributed by atoms with Gasteiger partial charge in [-0.05, 0) is 13.8 Å². The quantitative estimate of drug-likeness (QED) is 0.738. The van der Waals surface area contributed by atoms with Crippen LogP contribution in [-0.4, -0.2) is 4.57 Å². The molecule has 0 saturated heterocycles.